The van der Waals surface area contributed by atoms with Crippen molar-refractivity contribution >= 4 is 21.6 Å². The van der Waals surface area contributed by atoms with Gasteiger partial charge in [0.2, 0.25) is 0 Å². The molecule has 0 bridgehead atoms. The Balaban J connectivity index is 2.25. The zero-order chi connectivity index (χ0) is 14.3. The van der Waals surface area contributed by atoms with E-state index < -0.39 is 0 Å². The lowest BCUT2D eigenvalue weighted by molar-refractivity contribution is 0.414. The first-order chi connectivity index (χ1) is 9.60. The lowest BCUT2D eigenvalue weighted by atomic mass is 10.3. The number of benzene rings is 1. The number of aryl methyl sites for hydroxylation is 2. The fourth-order valence-electron chi connectivity index (χ4n) is 2.06. The Kier molecular flexibility index (Phi) is 3.02. The Labute approximate surface area is 119 Å². The molecule has 1 aromatic carbocycles. The van der Waals surface area contributed by atoms with Crippen LogP contribution in [0.2, 0.25) is 0 Å². The van der Waals surface area contributed by atoms with Crippen LogP contribution < -0.4 is 10.3 Å². The maximum atomic E-state index is 12.5. The lowest BCUT2D eigenvalue weighted by Crippen LogP contribution is -2.22. The number of ether oxygens (including phenoxy) is 1. The molecule has 6 heteroatoms. The molecule has 2 heterocycles. The maximum Gasteiger partial charge on any atom is 0.298 e. The molecule has 20 heavy (non-hydrogen) atoms. The average Bonchev–Trinajstić information content (AvgIpc) is 2.86. The first kappa shape index (κ1) is 12.8. The molecule has 0 atom stereocenters. The van der Waals surface area contributed by atoms with Crippen LogP contribution in [-0.2, 0) is 0 Å². The Morgan fingerprint density at radius 2 is 1.90 bits per heavy atom. The molecule has 0 amide bonds. The lowest BCUT2D eigenvalue weighted by Gasteiger charge is -2.06. The predicted molar refractivity (Wildman–Crippen MR) is 79.0 cm³/mol. The van der Waals surface area contributed by atoms with Crippen molar-refractivity contribution in [3.8, 4) is 11.4 Å². The van der Waals surface area contributed by atoms with Gasteiger partial charge in [-0.2, -0.15) is 9.78 Å². The molecule has 2 aromatic heterocycles. The van der Waals surface area contributed by atoms with Gasteiger partial charge in [-0.25, -0.2) is 4.98 Å². The quantitative estimate of drug-likeness (QED) is 0.726. The number of hydrogen-bond acceptors (Lipinski definition) is 5. The summed E-state index contributed by atoms with van der Waals surface area (Å²) in [5.41, 5.74) is 1.79. The van der Waals surface area contributed by atoms with Crippen LogP contribution in [-0.4, -0.2) is 21.9 Å². The van der Waals surface area contributed by atoms with Crippen LogP contribution in [0.5, 0.6) is 5.75 Å². The highest BCUT2D eigenvalue weighted by atomic mass is 32.1. The molecule has 0 aliphatic rings. The molecule has 0 fully saturated rings. The SMILES string of the molecule is COc1ccc(-n2nc(C)c3sc(C)nc3c2=O)cc1. The van der Waals surface area contributed by atoms with E-state index in [1.165, 1.54) is 16.0 Å². The van der Waals surface area contributed by atoms with E-state index in [0.717, 1.165) is 21.2 Å². The third-order valence-electron chi connectivity index (χ3n) is 3.02. The van der Waals surface area contributed by atoms with Crippen molar-refractivity contribution in [2.75, 3.05) is 7.11 Å². The summed E-state index contributed by atoms with van der Waals surface area (Å²) in [5.74, 6) is 0.740. The van der Waals surface area contributed by atoms with Crippen LogP contribution in [0.15, 0.2) is 29.1 Å². The number of rotatable bonds is 2. The molecule has 5 nitrogen and oxygen atoms in total. The molecular weight excluding hydrogens is 274 g/mol. The minimum Gasteiger partial charge on any atom is -0.497 e. The summed E-state index contributed by atoms with van der Waals surface area (Å²) < 4.78 is 7.36. The Morgan fingerprint density at radius 3 is 2.55 bits per heavy atom. The van der Waals surface area contributed by atoms with E-state index in [1.807, 2.05) is 13.8 Å². The highest BCUT2D eigenvalue weighted by Crippen LogP contribution is 2.22. The highest BCUT2D eigenvalue weighted by Gasteiger charge is 2.13. The molecule has 0 aliphatic carbocycles. The number of nitrogens with zero attached hydrogens (tertiary/aromatic N) is 3. The van der Waals surface area contributed by atoms with Crippen molar-refractivity contribution in [2.45, 2.75) is 13.8 Å². The van der Waals surface area contributed by atoms with Gasteiger partial charge in [0.1, 0.15) is 5.75 Å². The van der Waals surface area contributed by atoms with Crippen LogP contribution in [0.4, 0.5) is 0 Å². The van der Waals surface area contributed by atoms with E-state index in [4.69, 9.17) is 4.74 Å². The molecule has 0 saturated heterocycles. The Hall–Kier alpha value is -2.21. The van der Waals surface area contributed by atoms with Crippen molar-refractivity contribution in [3.05, 3.63) is 45.3 Å². The van der Waals surface area contributed by atoms with E-state index >= 15 is 0 Å². The Bertz CT molecular complexity index is 834. The number of methoxy groups -OCH3 is 1. The maximum absolute atomic E-state index is 12.5. The minimum absolute atomic E-state index is 0.194. The zero-order valence-electron chi connectivity index (χ0n) is 11.4. The monoisotopic (exact) mass is 287 g/mol. The molecule has 3 rings (SSSR count). The zero-order valence-corrected chi connectivity index (χ0v) is 12.2. The van der Waals surface area contributed by atoms with Crippen molar-refractivity contribution in [3.63, 3.8) is 0 Å². The topological polar surface area (TPSA) is 57.0 Å². The molecule has 0 N–H and O–H groups in total. The van der Waals surface area contributed by atoms with Crippen LogP contribution in [0.3, 0.4) is 0 Å². The summed E-state index contributed by atoms with van der Waals surface area (Å²) in [7, 11) is 1.60. The summed E-state index contributed by atoms with van der Waals surface area (Å²) in [6.45, 7) is 3.78. The van der Waals surface area contributed by atoms with Gasteiger partial charge in [-0.15, -0.1) is 11.3 Å². The van der Waals surface area contributed by atoms with Crippen LogP contribution in [0.25, 0.3) is 15.9 Å². The van der Waals surface area contributed by atoms with Gasteiger partial charge in [-0.1, -0.05) is 0 Å². The molecule has 3 aromatic rings. The molecule has 0 spiro atoms. The first-order valence-corrected chi connectivity index (χ1v) is 6.93. The van der Waals surface area contributed by atoms with Crippen LogP contribution in [0, 0.1) is 13.8 Å². The normalized spacial score (nSPS) is 10.9. The molecular formula is C14H13N3O2S. The van der Waals surface area contributed by atoms with Gasteiger partial charge in [-0.3, -0.25) is 4.79 Å². The smallest absolute Gasteiger partial charge is 0.298 e. The molecule has 0 saturated carbocycles. The van der Waals surface area contributed by atoms with Gasteiger partial charge < -0.3 is 4.74 Å². The fourth-order valence-corrected chi connectivity index (χ4v) is 2.91. The van der Waals surface area contributed by atoms with Crippen molar-refractivity contribution in [1.82, 2.24) is 14.8 Å². The van der Waals surface area contributed by atoms with Gasteiger partial charge in [-0.05, 0) is 38.1 Å². The third-order valence-corrected chi connectivity index (χ3v) is 4.10. The fraction of sp³-hybridized carbons (Fsp3) is 0.214. The largest absolute Gasteiger partial charge is 0.497 e. The number of aromatic nitrogens is 3. The first-order valence-electron chi connectivity index (χ1n) is 6.11. The number of hydrogen-bond donors (Lipinski definition) is 0. The standard InChI is InChI=1S/C14H13N3O2S/c1-8-13-12(15-9(2)20-13)14(18)17(16-8)10-4-6-11(19-3)7-5-10/h4-7H,1-3H3. The Morgan fingerprint density at radius 1 is 1.20 bits per heavy atom. The molecule has 0 aliphatic heterocycles. The molecule has 0 radical (unpaired) electrons. The van der Waals surface area contributed by atoms with E-state index in [2.05, 4.69) is 10.1 Å². The van der Waals surface area contributed by atoms with Crippen LogP contribution in [0.1, 0.15) is 10.7 Å². The second-order valence-electron chi connectivity index (χ2n) is 4.41. The van der Waals surface area contributed by atoms with Gasteiger partial charge >= 0.3 is 0 Å². The van der Waals surface area contributed by atoms with Gasteiger partial charge in [0.15, 0.2) is 5.52 Å². The van der Waals surface area contributed by atoms with Crippen molar-refractivity contribution in [2.24, 2.45) is 0 Å². The average molecular weight is 287 g/mol. The van der Waals surface area contributed by atoms with Gasteiger partial charge in [0, 0.05) is 0 Å². The summed E-state index contributed by atoms with van der Waals surface area (Å²) >= 11 is 1.50. The second kappa shape index (κ2) is 4.72. The minimum atomic E-state index is -0.194. The van der Waals surface area contributed by atoms with Gasteiger partial charge in [0.25, 0.3) is 5.56 Å². The molecule has 102 valence electrons. The second-order valence-corrected chi connectivity index (χ2v) is 5.61. The van der Waals surface area contributed by atoms with Crippen LogP contribution >= 0.6 is 11.3 Å². The van der Waals surface area contributed by atoms with E-state index in [9.17, 15) is 4.79 Å². The molecule has 0 unspecified atom stereocenters. The van der Waals surface area contributed by atoms with E-state index in [-0.39, 0.29) is 5.56 Å². The van der Waals surface area contributed by atoms with Crippen molar-refractivity contribution < 1.29 is 4.74 Å². The summed E-state index contributed by atoms with van der Waals surface area (Å²) in [6, 6.07) is 7.21. The van der Waals surface area contributed by atoms with E-state index in [0.29, 0.717) is 11.2 Å². The number of thiazole rings is 1. The highest BCUT2D eigenvalue weighted by molar-refractivity contribution is 7.18. The van der Waals surface area contributed by atoms with E-state index in [1.54, 1.807) is 31.4 Å². The van der Waals surface area contributed by atoms with Crippen molar-refractivity contribution in [1.29, 1.82) is 0 Å². The summed E-state index contributed by atoms with van der Waals surface area (Å²) in [6.07, 6.45) is 0. The number of fused-ring (bicyclic) bond motifs is 1. The predicted octanol–water partition coefficient (Wildman–Crippen LogP) is 2.47. The third kappa shape index (κ3) is 1.98. The summed E-state index contributed by atoms with van der Waals surface area (Å²) in [4.78, 5) is 16.8. The van der Waals surface area contributed by atoms with Gasteiger partial charge in [0.05, 0.1) is 28.2 Å². The summed E-state index contributed by atoms with van der Waals surface area (Å²) in [5, 5.41) is 5.24.